The van der Waals surface area contributed by atoms with Crippen LogP contribution in [0.5, 0.6) is 5.75 Å². The molecule has 2 rings (SSSR count). The highest BCUT2D eigenvalue weighted by Gasteiger charge is 2.37. The summed E-state index contributed by atoms with van der Waals surface area (Å²) in [5, 5.41) is 13.5. The highest BCUT2D eigenvalue weighted by molar-refractivity contribution is 6.68. The molecule has 2 aromatic rings. The van der Waals surface area contributed by atoms with Crippen LogP contribution in [0.2, 0.25) is 0 Å². The Kier molecular flexibility index (Phi) is 6.11. The molecule has 0 bridgehead atoms. The molecular formula is C16H13Cl3N2O4. The molecule has 1 amide bonds. The number of halogens is 3. The number of aryl methyl sites for hydroxylation is 1. The lowest BCUT2D eigenvalue weighted by Crippen LogP contribution is -2.48. The molecule has 0 radical (unpaired) electrons. The van der Waals surface area contributed by atoms with Crippen LogP contribution in [-0.4, -0.2) is 20.9 Å². The normalized spacial score (nSPS) is 12.3. The van der Waals surface area contributed by atoms with Gasteiger partial charge in [0.25, 0.3) is 5.91 Å². The van der Waals surface area contributed by atoms with E-state index in [-0.39, 0.29) is 11.4 Å². The monoisotopic (exact) mass is 402 g/mol. The molecule has 0 heterocycles. The van der Waals surface area contributed by atoms with Gasteiger partial charge in [-0.05, 0) is 24.6 Å². The number of benzene rings is 2. The summed E-state index contributed by atoms with van der Waals surface area (Å²) in [4.78, 5) is 22.9. The molecule has 0 fully saturated rings. The summed E-state index contributed by atoms with van der Waals surface area (Å²) in [6, 6.07) is 12.4. The quantitative estimate of drug-likeness (QED) is 0.347. The van der Waals surface area contributed by atoms with Crippen LogP contribution < -0.4 is 10.1 Å². The topological polar surface area (TPSA) is 81.5 Å². The first-order valence-electron chi connectivity index (χ1n) is 7.03. The first-order chi connectivity index (χ1) is 11.7. The van der Waals surface area contributed by atoms with Crippen LogP contribution in [0.15, 0.2) is 48.5 Å². The van der Waals surface area contributed by atoms with Crippen molar-refractivity contribution in [3.05, 3.63) is 69.8 Å². The van der Waals surface area contributed by atoms with Crippen molar-refractivity contribution in [2.24, 2.45) is 0 Å². The zero-order valence-corrected chi connectivity index (χ0v) is 15.2. The minimum absolute atomic E-state index is 0.131. The largest absolute Gasteiger partial charge is 0.459 e. The molecule has 2 aromatic carbocycles. The third-order valence-corrected chi connectivity index (χ3v) is 3.85. The first-order valence-corrected chi connectivity index (χ1v) is 8.17. The summed E-state index contributed by atoms with van der Waals surface area (Å²) in [6.45, 7) is 1.75. The van der Waals surface area contributed by atoms with Gasteiger partial charge in [0, 0.05) is 11.6 Å². The smallest absolute Gasteiger partial charge is 0.311 e. The Hall–Kier alpha value is -2.02. The standard InChI is InChI=1S/C16H13Cl3N2O4/c1-10-6-2-3-7-11(10)14(22)20-15(16(17,18)19)25-13-9-5-4-8-12(13)21(23)24/h2-9,15H,1H3,(H,20,22)/t15-/m0/s1. The average Bonchev–Trinajstić information content (AvgIpc) is 2.54. The molecule has 6 nitrogen and oxygen atoms in total. The molecule has 0 saturated heterocycles. The van der Waals surface area contributed by atoms with E-state index >= 15 is 0 Å². The molecule has 1 N–H and O–H groups in total. The van der Waals surface area contributed by atoms with E-state index in [2.05, 4.69) is 5.32 Å². The number of amides is 1. The maximum Gasteiger partial charge on any atom is 0.311 e. The molecule has 0 aromatic heterocycles. The predicted molar refractivity (Wildman–Crippen MR) is 96.4 cm³/mol. The van der Waals surface area contributed by atoms with Crippen LogP contribution in [0.25, 0.3) is 0 Å². The molecule has 9 heteroatoms. The maximum atomic E-state index is 12.4. The Balaban J connectivity index is 2.28. The Morgan fingerprint density at radius 1 is 1.16 bits per heavy atom. The number of alkyl halides is 3. The minimum Gasteiger partial charge on any atom is -0.459 e. The second-order valence-electron chi connectivity index (χ2n) is 5.05. The lowest BCUT2D eigenvalue weighted by atomic mass is 10.1. The van der Waals surface area contributed by atoms with Gasteiger partial charge in [-0.1, -0.05) is 65.1 Å². The van der Waals surface area contributed by atoms with E-state index < -0.39 is 20.9 Å². The molecule has 1 atom stereocenters. The molecule has 0 aliphatic rings. The zero-order chi connectivity index (χ0) is 18.6. The number of hydrogen-bond acceptors (Lipinski definition) is 4. The first kappa shape index (κ1) is 19.3. The van der Waals surface area contributed by atoms with Crippen molar-refractivity contribution in [3.8, 4) is 5.75 Å². The third-order valence-electron chi connectivity index (χ3n) is 3.26. The number of carbonyl (C=O) groups excluding carboxylic acids is 1. The number of nitrogens with one attached hydrogen (secondary N) is 1. The van der Waals surface area contributed by atoms with Crippen molar-refractivity contribution in [3.63, 3.8) is 0 Å². The zero-order valence-electron chi connectivity index (χ0n) is 12.9. The van der Waals surface area contributed by atoms with Gasteiger partial charge in [0.2, 0.25) is 10.0 Å². The van der Waals surface area contributed by atoms with Gasteiger partial charge in [-0.3, -0.25) is 14.9 Å². The lowest BCUT2D eigenvalue weighted by molar-refractivity contribution is -0.386. The Bertz CT molecular complexity index is 793. The van der Waals surface area contributed by atoms with Crippen molar-refractivity contribution in [2.45, 2.75) is 16.9 Å². The fourth-order valence-electron chi connectivity index (χ4n) is 2.04. The second-order valence-corrected chi connectivity index (χ2v) is 7.42. The van der Waals surface area contributed by atoms with E-state index in [1.165, 1.54) is 24.3 Å². The van der Waals surface area contributed by atoms with Crippen LogP contribution in [0.4, 0.5) is 5.69 Å². The number of hydrogen-bond donors (Lipinski definition) is 1. The molecule has 0 aliphatic heterocycles. The highest BCUT2D eigenvalue weighted by atomic mass is 35.6. The Morgan fingerprint density at radius 2 is 1.76 bits per heavy atom. The van der Waals surface area contributed by atoms with E-state index in [9.17, 15) is 14.9 Å². The van der Waals surface area contributed by atoms with E-state index in [1.54, 1.807) is 31.2 Å². The summed E-state index contributed by atoms with van der Waals surface area (Å²) in [5.74, 6) is -0.665. The number of carbonyl (C=O) groups is 1. The number of rotatable bonds is 5. The van der Waals surface area contributed by atoms with Crippen molar-refractivity contribution < 1.29 is 14.5 Å². The fraction of sp³-hybridized carbons (Fsp3) is 0.188. The van der Waals surface area contributed by atoms with Gasteiger partial charge in [-0.2, -0.15) is 0 Å². The maximum absolute atomic E-state index is 12.4. The number of ether oxygens (including phenoxy) is 1. The number of nitro benzene ring substituents is 1. The third kappa shape index (κ3) is 4.98. The van der Waals surface area contributed by atoms with Crippen molar-refractivity contribution in [2.75, 3.05) is 0 Å². The molecule has 0 spiro atoms. The van der Waals surface area contributed by atoms with Gasteiger partial charge < -0.3 is 10.1 Å². The Morgan fingerprint density at radius 3 is 2.36 bits per heavy atom. The lowest BCUT2D eigenvalue weighted by Gasteiger charge is -2.26. The molecule has 0 saturated carbocycles. The highest BCUT2D eigenvalue weighted by Crippen LogP contribution is 2.35. The summed E-state index contributed by atoms with van der Waals surface area (Å²) >= 11 is 17.6. The Labute approximate surface area is 158 Å². The van der Waals surface area contributed by atoms with Gasteiger partial charge in [0.1, 0.15) is 0 Å². The van der Waals surface area contributed by atoms with Crippen molar-refractivity contribution in [1.29, 1.82) is 0 Å². The van der Waals surface area contributed by atoms with Gasteiger partial charge in [0.05, 0.1) is 4.92 Å². The predicted octanol–water partition coefficient (Wildman–Crippen LogP) is 4.41. The van der Waals surface area contributed by atoms with E-state index in [4.69, 9.17) is 39.5 Å². The number of nitrogens with zero attached hydrogens (tertiary/aromatic N) is 1. The van der Waals surface area contributed by atoms with E-state index in [0.717, 1.165) is 0 Å². The summed E-state index contributed by atoms with van der Waals surface area (Å²) < 4.78 is 3.38. The van der Waals surface area contributed by atoms with Crippen LogP contribution in [-0.2, 0) is 0 Å². The molecule has 0 unspecified atom stereocenters. The van der Waals surface area contributed by atoms with Gasteiger partial charge in [-0.15, -0.1) is 0 Å². The van der Waals surface area contributed by atoms with Crippen LogP contribution in [0.3, 0.4) is 0 Å². The summed E-state index contributed by atoms with van der Waals surface area (Å²) in [6.07, 6.45) is -1.44. The minimum atomic E-state index is -2.05. The fourth-order valence-corrected chi connectivity index (χ4v) is 2.33. The van der Waals surface area contributed by atoms with Crippen molar-refractivity contribution in [1.82, 2.24) is 5.32 Å². The van der Waals surface area contributed by atoms with Crippen LogP contribution in [0.1, 0.15) is 15.9 Å². The number of para-hydroxylation sites is 2. The molecule has 132 valence electrons. The summed E-state index contributed by atoms with van der Waals surface area (Å²) in [7, 11) is 0. The molecule has 25 heavy (non-hydrogen) atoms. The van der Waals surface area contributed by atoms with E-state index in [1.807, 2.05) is 0 Å². The van der Waals surface area contributed by atoms with Crippen LogP contribution in [0, 0.1) is 17.0 Å². The van der Waals surface area contributed by atoms with Gasteiger partial charge in [-0.25, -0.2) is 0 Å². The number of nitro groups is 1. The van der Waals surface area contributed by atoms with Crippen LogP contribution >= 0.6 is 34.8 Å². The average molecular weight is 404 g/mol. The second kappa shape index (κ2) is 7.91. The molecular weight excluding hydrogens is 391 g/mol. The summed E-state index contributed by atoms with van der Waals surface area (Å²) in [5.41, 5.74) is 0.772. The molecule has 0 aliphatic carbocycles. The van der Waals surface area contributed by atoms with Gasteiger partial charge in [0.15, 0.2) is 5.75 Å². The SMILES string of the molecule is Cc1ccccc1C(=O)N[C@@H](Oc1ccccc1[N+](=O)[O-])C(Cl)(Cl)Cl. The van der Waals surface area contributed by atoms with Crippen molar-refractivity contribution >= 4 is 46.4 Å². The van der Waals surface area contributed by atoms with Gasteiger partial charge >= 0.3 is 5.69 Å². The van der Waals surface area contributed by atoms with E-state index in [0.29, 0.717) is 11.1 Å².